The summed E-state index contributed by atoms with van der Waals surface area (Å²) < 4.78 is 5.97. The van der Waals surface area contributed by atoms with Crippen molar-refractivity contribution in [2.24, 2.45) is 5.41 Å². The number of aromatic nitrogens is 2. The predicted molar refractivity (Wildman–Crippen MR) is 83.5 cm³/mol. The lowest BCUT2D eigenvalue weighted by atomic mass is 9.54. The Kier molecular flexibility index (Phi) is 4.43. The summed E-state index contributed by atoms with van der Waals surface area (Å²) in [5.74, 6) is -0.0296. The monoisotopic (exact) mass is 303 g/mol. The predicted octanol–water partition coefficient (Wildman–Crippen LogP) is 2.68. The van der Waals surface area contributed by atoms with E-state index in [0.717, 1.165) is 13.0 Å². The van der Waals surface area contributed by atoms with E-state index in [1.807, 2.05) is 11.9 Å². The van der Waals surface area contributed by atoms with Crippen molar-refractivity contribution >= 4 is 5.91 Å². The molecular weight excluding hydrogens is 278 g/mol. The molecule has 0 saturated heterocycles. The zero-order valence-corrected chi connectivity index (χ0v) is 13.5. The number of ether oxygens (including phenoxy) is 1. The van der Waals surface area contributed by atoms with Crippen LogP contribution in [0.5, 0.6) is 0 Å². The van der Waals surface area contributed by atoms with Crippen molar-refractivity contribution in [3.63, 3.8) is 0 Å². The van der Waals surface area contributed by atoms with Gasteiger partial charge in [-0.15, -0.1) is 0 Å². The first kappa shape index (κ1) is 15.4. The lowest BCUT2D eigenvalue weighted by molar-refractivity contribution is -0.170. The molecule has 120 valence electrons. The average Bonchev–Trinajstić information content (AvgIpc) is 2.58. The molecule has 0 radical (unpaired) electrons. The number of carbonyl (C=O) groups is 1. The maximum Gasteiger partial charge on any atom is 0.274 e. The molecule has 2 saturated carbocycles. The Labute approximate surface area is 132 Å². The number of rotatable bonds is 4. The van der Waals surface area contributed by atoms with Crippen LogP contribution in [0.3, 0.4) is 0 Å². The minimum atomic E-state index is -0.0296. The molecule has 1 spiro atoms. The van der Waals surface area contributed by atoms with E-state index in [1.165, 1.54) is 32.1 Å². The van der Waals surface area contributed by atoms with Crippen molar-refractivity contribution in [2.75, 3.05) is 13.7 Å². The summed E-state index contributed by atoms with van der Waals surface area (Å²) in [7, 11) is 1.90. The van der Waals surface area contributed by atoms with Crippen LogP contribution in [0.15, 0.2) is 18.6 Å². The quantitative estimate of drug-likeness (QED) is 0.858. The maximum absolute atomic E-state index is 12.7. The Hall–Kier alpha value is -1.49. The minimum absolute atomic E-state index is 0.0296. The number of hydrogen-bond acceptors (Lipinski definition) is 4. The molecule has 3 rings (SSSR count). The van der Waals surface area contributed by atoms with Gasteiger partial charge in [0, 0.05) is 37.5 Å². The standard InChI is InChI=1S/C17H25N3O2/c1-3-22-15-11-14(17(15)7-5-4-6-8-17)20(2)16(21)13-12-18-9-10-19-13/h9-10,12,14-15H,3-8,11H2,1-2H3. The van der Waals surface area contributed by atoms with Crippen LogP contribution in [0.2, 0.25) is 0 Å². The number of carbonyl (C=O) groups excluding carboxylic acids is 1. The number of amides is 1. The molecule has 0 N–H and O–H groups in total. The van der Waals surface area contributed by atoms with Gasteiger partial charge >= 0.3 is 0 Å². The summed E-state index contributed by atoms with van der Waals surface area (Å²) in [4.78, 5) is 22.7. The van der Waals surface area contributed by atoms with E-state index in [0.29, 0.717) is 11.8 Å². The van der Waals surface area contributed by atoms with Gasteiger partial charge in [0.25, 0.3) is 5.91 Å². The molecule has 1 aromatic rings. The Morgan fingerprint density at radius 2 is 2.14 bits per heavy atom. The van der Waals surface area contributed by atoms with Gasteiger partial charge in [-0.2, -0.15) is 0 Å². The van der Waals surface area contributed by atoms with Crippen molar-refractivity contribution in [1.82, 2.24) is 14.9 Å². The Bertz CT molecular complexity index is 514. The van der Waals surface area contributed by atoms with Crippen molar-refractivity contribution in [2.45, 2.75) is 57.6 Å². The normalized spacial score (nSPS) is 26.5. The molecular formula is C17H25N3O2. The molecule has 2 atom stereocenters. The molecule has 5 nitrogen and oxygen atoms in total. The average molecular weight is 303 g/mol. The third-order valence-corrected chi connectivity index (χ3v) is 5.46. The van der Waals surface area contributed by atoms with Crippen molar-refractivity contribution < 1.29 is 9.53 Å². The second kappa shape index (κ2) is 6.32. The van der Waals surface area contributed by atoms with Crippen molar-refractivity contribution in [3.8, 4) is 0 Å². The first-order chi connectivity index (χ1) is 10.7. The fourth-order valence-corrected chi connectivity index (χ4v) is 4.30. The van der Waals surface area contributed by atoms with E-state index < -0.39 is 0 Å². The minimum Gasteiger partial charge on any atom is -0.378 e. The van der Waals surface area contributed by atoms with Gasteiger partial charge in [0.15, 0.2) is 0 Å². The molecule has 2 aliphatic rings. The van der Waals surface area contributed by atoms with Crippen LogP contribution in [0.4, 0.5) is 0 Å². The molecule has 5 heteroatoms. The Morgan fingerprint density at radius 3 is 2.77 bits per heavy atom. The van der Waals surface area contributed by atoms with E-state index in [2.05, 4.69) is 16.9 Å². The van der Waals surface area contributed by atoms with E-state index in [1.54, 1.807) is 18.6 Å². The van der Waals surface area contributed by atoms with Gasteiger partial charge in [0.1, 0.15) is 5.69 Å². The van der Waals surface area contributed by atoms with Crippen LogP contribution in [0.1, 0.15) is 55.9 Å². The highest BCUT2D eigenvalue weighted by atomic mass is 16.5. The van der Waals surface area contributed by atoms with Crippen molar-refractivity contribution in [1.29, 1.82) is 0 Å². The van der Waals surface area contributed by atoms with E-state index in [4.69, 9.17) is 4.74 Å². The summed E-state index contributed by atoms with van der Waals surface area (Å²) in [6.45, 7) is 2.80. The lowest BCUT2D eigenvalue weighted by Gasteiger charge is -2.60. The van der Waals surface area contributed by atoms with Crippen LogP contribution in [0.25, 0.3) is 0 Å². The Balaban J connectivity index is 1.77. The van der Waals surface area contributed by atoms with E-state index in [-0.39, 0.29) is 17.4 Å². The summed E-state index contributed by atoms with van der Waals surface area (Å²) in [5, 5.41) is 0. The molecule has 22 heavy (non-hydrogen) atoms. The zero-order valence-electron chi connectivity index (χ0n) is 13.5. The summed E-state index contributed by atoms with van der Waals surface area (Å²) >= 11 is 0. The highest BCUT2D eigenvalue weighted by Gasteiger charge is 2.57. The SMILES string of the molecule is CCOC1CC(N(C)C(=O)c2cnccn2)C12CCCCC2. The summed E-state index contributed by atoms with van der Waals surface area (Å²) in [6.07, 6.45) is 12.1. The number of hydrogen-bond donors (Lipinski definition) is 0. The van der Waals surface area contributed by atoms with Gasteiger partial charge in [-0.05, 0) is 26.2 Å². The van der Waals surface area contributed by atoms with Gasteiger partial charge in [-0.1, -0.05) is 19.3 Å². The molecule has 1 heterocycles. The van der Waals surface area contributed by atoms with E-state index >= 15 is 0 Å². The van der Waals surface area contributed by atoms with Crippen LogP contribution >= 0.6 is 0 Å². The molecule has 0 aromatic carbocycles. The lowest BCUT2D eigenvalue weighted by Crippen LogP contribution is -2.65. The Morgan fingerprint density at radius 1 is 1.36 bits per heavy atom. The molecule has 2 fully saturated rings. The smallest absolute Gasteiger partial charge is 0.274 e. The molecule has 1 amide bonds. The zero-order chi connectivity index (χ0) is 15.6. The topological polar surface area (TPSA) is 55.3 Å². The summed E-state index contributed by atoms with van der Waals surface area (Å²) in [5.41, 5.74) is 0.580. The van der Waals surface area contributed by atoms with Gasteiger partial charge in [-0.25, -0.2) is 4.98 Å². The molecule has 2 unspecified atom stereocenters. The highest BCUT2D eigenvalue weighted by Crippen LogP contribution is 2.55. The highest BCUT2D eigenvalue weighted by molar-refractivity contribution is 5.92. The van der Waals surface area contributed by atoms with E-state index in [9.17, 15) is 4.79 Å². The van der Waals surface area contributed by atoms with Crippen molar-refractivity contribution in [3.05, 3.63) is 24.3 Å². The fraction of sp³-hybridized carbons (Fsp3) is 0.706. The third kappa shape index (κ3) is 2.51. The fourth-order valence-electron chi connectivity index (χ4n) is 4.30. The molecule has 2 aliphatic carbocycles. The third-order valence-electron chi connectivity index (χ3n) is 5.46. The second-order valence-corrected chi connectivity index (χ2v) is 6.50. The van der Waals surface area contributed by atoms with Crippen LogP contribution in [-0.2, 0) is 4.74 Å². The van der Waals surface area contributed by atoms with Gasteiger partial charge in [-0.3, -0.25) is 9.78 Å². The first-order valence-corrected chi connectivity index (χ1v) is 8.34. The summed E-state index contributed by atoms with van der Waals surface area (Å²) in [6, 6.07) is 0.263. The molecule has 1 aromatic heterocycles. The molecule has 0 aliphatic heterocycles. The molecule has 0 bridgehead atoms. The maximum atomic E-state index is 12.7. The largest absolute Gasteiger partial charge is 0.378 e. The second-order valence-electron chi connectivity index (χ2n) is 6.50. The van der Waals surface area contributed by atoms with Gasteiger partial charge in [0.2, 0.25) is 0 Å². The van der Waals surface area contributed by atoms with Gasteiger partial charge < -0.3 is 9.64 Å². The van der Waals surface area contributed by atoms with Crippen LogP contribution in [0, 0.1) is 5.41 Å². The van der Waals surface area contributed by atoms with Gasteiger partial charge in [0.05, 0.1) is 12.3 Å². The number of nitrogens with zero attached hydrogens (tertiary/aromatic N) is 3. The van der Waals surface area contributed by atoms with Crippen LogP contribution < -0.4 is 0 Å². The first-order valence-electron chi connectivity index (χ1n) is 8.34. The van der Waals surface area contributed by atoms with Crippen LogP contribution in [-0.4, -0.2) is 46.6 Å².